The second kappa shape index (κ2) is 12.2. The van der Waals surface area contributed by atoms with E-state index in [9.17, 15) is 0 Å². The molecule has 5 radical (unpaired) electrons. The molecule has 0 aliphatic heterocycles. The Kier molecular flexibility index (Phi) is 8.12. The van der Waals surface area contributed by atoms with E-state index < -0.39 is 15.8 Å². The van der Waals surface area contributed by atoms with Gasteiger partial charge >= 0.3 is 0 Å². The Morgan fingerprint density at radius 2 is 0.816 bits per heavy atom. The summed E-state index contributed by atoms with van der Waals surface area (Å²) in [6.45, 7) is 0. The highest BCUT2D eigenvalue weighted by Crippen LogP contribution is 2.56. The molecule has 0 saturated heterocycles. The van der Waals surface area contributed by atoms with Crippen LogP contribution in [0.5, 0.6) is 0 Å². The van der Waals surface area contributed by atoms with Gasteiger partial charge in [-0.1, -0.05) is 146 Å². The van der Waals surface area contributed by atoms with Crippen LogP contribution in [0.2, 0.25) is 0 Å². The summed E-state index contributed by atoms with van der Waals surface area (Å²) in [6.07, 6.45) is 7.85. The standard InChI is InChI=1S/C36H29P2/c1-5-18-31(19-6-1)37(32-20-7-2-8-21-32)35-26-14-13-16-29(35)28-30-17-15-27-36(30)38(33-22-9-3-10-23-33)34-24-11-4-12-25-34/h1-27H,28H2. The molecular weight excluding hydrogens is 494 g/mol. The van der Waals surface area contributed by atoms with E-state index in [1.807, 2.05) is 0 Å². The van der Waals surface area contributed by atoms with E-state index in [0.29, 0.717) is 0 Å². The zero-order chi connectivity index (χ0) is 25.6. The van der Waals surface area contributed by atoms with Crippen molar-refractivity contribution in [3.63, 3.8) is 0 Å². The Hall–Kier alpha value is -3.04. The number of benzene rings is 5. The molecule has 0 unspecified atom stereocenters. The van der Waals surface area contributed by atoms with Crippen LogP contribution in [0.4, 0.5) is 0 Å². The third-order valence-electron chi connectivity index (χ3n) is 6.79. The van der Waals surface area contributed by atoms with Gasteiger partial charge in [0.25, 0.3) is 0 Å². The molecule has 0 heterocycles. The maximum Gasteiger partial charge on any atom is 0.0198 e. The fourth-order valence-corrected chi connectivity index (χ4v) is 10.0. The van der Waals surface area contributed by atoms with Crippen molar-refractivity contribution in [3.8, 4) is 0 Å². The lowest BCUT2D eigenvalue weighted by molar-refractivity contribution is 1.03. The molecule has 2 heteroatoms. The van der Waals surface area contributed by atoms with Crippen molar-refractivity contribution < 1.29 is 0 Å². The summed E-state index contributed by atoms with van der Waals surface area (Å²) in [6, 6.07) is 53.1. The lowest BCUT2D eigenvalue weighted by Gasteiger charge is -2.30. The minimum Gasteiger partial charge on any atom is -0.0622 e. The molecule has 0 nitrogen and oxygen atoms in total. The quantitative estimate of drug-likeness (QED) is 0.195. The lowest BCUT2D eigenvalue weighted by atomic mass is 9.97. The van der Waals surface area contributed by atoms with Crippen molar-refractivity contribution in [2.45, 2.75) is 6.42 Å². The fraction of sp³-hybridized carbons (Fsp3) is 0.0278. The topological polar surface area (TPSA) is 0 Å². The summed E-state index contributed by atoms with van der Waals surface area (Å²) in [5, 5.41) is 7.01. The molecule has 1 fully saturated rings. The lowest BCUT2D eigenvalue weighted by Crippen LogP contribution is -2.25. The highest BCUT2D eigenvalue weighted by molar-refractivity contribution is 7.80. The molecule has 0 spiro atoms. The van der Waals surface area contributed by atoms with Crippen molar-refractivity contribution in [2.24, 2.45) is 0 Å². The maximum absolute atomic E-state index is 2.35. The van der Waals surface area contributed by atoms with Crippen LogP contribution in [-0.4, -0.2) is 0 Å². The van der Waals surface area contributed by atoms with Crippen molar-refractivity contribution >= 4 is 42.4 Å². The number of rotatable bonds is 8. The van der Waals surface area contributed by atoms with Crippen LogP contribution in [0.15, 0.2) is 146 Å². The van der Waals surface area contributed by atoms with E-state index in [4.69, 9.17) is 0 Å². The van der Waals surface area contributed by atoms with Crippen LogP contribution in [0.25, 0.3) is 0 Å². The van der Waals surface area contributed by atoms with Gasteiger partial charge in [-0.15, -0.1) is 0 Å². The molecule has 38 heavy (non-hydrogen) atoms. The molecule has 0 aromatic heterocycles. The van der Waals surface area contributed by atoms with Gasteiger partial charge in [0.15, 0.2) is 0 Å². The first kappa shape index (κ1) is 25.2. The summed E-state index contributed by atoms with van der Waals surface area (Å²) >= 11 is 0. The van der Waals surface area contributed by atoms with Crippen LogP contribution < -0.4 is 26.5 Å². The fourth-order valence-electron chi connectivity index (χ4n) is 5.06. The molecule has 5 aromatic carbocycles. The second-order valence-electron chi connectivity index (χ2n) is 9.25. The van der Waals surface area contributed by atoms with Gasteiger partial charge < -0.3 is 0 Å². The Morgan fingerprint density at radius 3 is 1.32 bits per heavy atom. The molecule has 1 saturated carbocycles. The van der Waals surface area contributed by atoms with Gasteiger partial charge in [0.2, 0.25) is 0 Å². The van der Waals surface area contributed by atoms with Crippen LogP contribution in [-0.2, 0) is 6.42 Å². The Morgan fingerprint density at radius 1 is 0.395 bits per heavy atom. The summed E-state index contributed by atoms with van der Waals surface area (Å²) in [4.78, 5) is 0. The van der Waals surface area contributed by atoms with Gasteiger partial charge in [-0.25, -0.2) is 0 Å². The first-order chi connectivity index (χ1) is 18.9. The summed E-state index contributed by atoms with van der Waals surface area (Å²) < 4.78 is 0. The van der Waals surface area contributed by atoms with Crippen LogP contribution in [0, 0.1) is 30.8 Å². The van der Waals surface area contributed by atoms with E-state index in [1.54, 1.807) is 0 Å². The molecule has 183 valence electrons. The van der Waals surface area contributed by atoms with E-state index in [-0.39, 0.29) is 0 Å². The van der Waals surface area contributed by atoms with Crippen molar-refractivity contribution in [3.05, 3.63) is 182 Å². The average Bonchev–Trinajstić information content (AvgIpc) is 3.44. The van der Waals surface area contributed by atoms with Crippen LogP contribution in [0.1, 0.15) is 5.56 Å². The summed E-state index contributed by atoms with van der Waals surface area (Å²) in [5.41, 5.74) is 2.87. The van der Waals surface area contributed by atoms with Gasteiger partial charge in [0.1, 0.15) is 0 Å². The highest BCUT2D eigenvalue weighted by Gasteiger charge is 2.37. The van der Waals surface area contributed by atoms with Gasteiger partial charge in [0, 0.05) is 5.66 Å². The molecule has 0 N–H and O–H groups in total. The smallest absolute Gasteiger partial charge is 0.0198 e. The normalized spacial score (nSPS) is 14.4. The zero-order valence-electron chi connectivity index (χ0n) is 21.2. The van der Waals surface area contributed by atoms with Gasteiger partial charge in [-0.05, 0) is 79.5 Å². The molecule has 0 atom stereocenters. The first-order valence-electron chi connectivity index (χ1n) is 13.0. The van der Waals surface area contributed by atoms with Gasteiger partial charge in [0.05, 0.1) is 0 Å². The third kappa shape index (κ3) is 5.54. The van der Waals surface area contributed by atoms with Crippen LogP contribution in [0.3, 0.4) is 0 Å². The largest absolute Gasteiger partial charge is 0.0622 e. The van der Waals surface area contributed by atoms with E-state index in [1.165, 1.54) is 43.7 Å². The Balaban J connectivity index is 1.38. The minimum atomic E-state index is -0.656. The Labute approximate surface area is 230 Å². The van der Waals surface area contributed by atoms with Crippen molar-refractivity contribution in [2.75, 3.05) is 0 Å². The predicted molar refractivity (Wildman–Crippen MR) is 167 cm³/mol. The first-order valence-corrected chi connectivity index (χ1v) is 15.7. The van der Waals surface area contributed by atoms with Crippen molar-refractivity contribution in [1.29, 1.82) is 0 Å². The number of hydrogen-bond acceptors (Lipinski definition) is 0. The average molecular weight is 524 g/mol. The highest BCUT2D eigenvalue weighted by atomic mass is 31.1. The molecule has 0 bridgehead atoms. The zero-order valence-corrected chi connectivity index (χ0v) is 23.0. The minimum absolute atomic E-state index is 0.633. The predicted octanol–water partition coefficient (Wildman–Crippen LogP) is 6.85. The SMILES string of the molecule is [CH]1[CH][C](Cc2ccccc2P(c2ccccc2)c2ccccc2)[C](P(c2ccccc2)c2ccccc2)[CH]1. The molecule has 1 aliphatic carbocycles. The van der Waals surface area contributed by atoms with Gasteiger partial charge in [-0.3, -0.25) is 0 Å². The molecule has 0 amide bonds. The van der Waals surface area contributed by atoms with E-state index in [2.05, 4.69) is 165 Å². The second-order valence-corrected chi connectivity index (χ2v) is 13.6. The maximum atomic E-state index is 2.35. The van der Waals surface area contributed by atoms with E-state index in [0.717, 1.165) is 6.42 Å². The van der Waals surface area contributed by atoms with Crippen molar-refractivity contribution in [1.82, 2.24) is 0 Å². The van der Waals surface area contributed by atoms with Crippen LogP contribution >= 0.6 is 15.8 Å². The van der Waals surface area contributed by atoms with E-state index >= 15 is 0 Å². The monoisotopic (exact) mass is 523 g/mol. The summed E-state index contributed by atoms with van der Waals surface area (Å²) in [7, 11) is -1.29. The molecule has 5 aromatic rings. The number of hydrogen-bond donors (Lipinski definition) is 0. The molecular formula is C36H29P2. The third-order valence-corrected chi connectivity index (χ3v) is 11.9. The Bertz CT molecular complexity index is 1340. The molecule has 6 rings (SSSR count). The summed E-state index contributed by atoms with van der Waals surface area (Å²) in [5.74, 6) is 1.42. The molecule has 1 aliphatic rings. The van der Waals surface area contributed by atoms with Gasteiger partial charge in [-0.2, -0.15) is 0 Å².